The number of rotatable bonds is 4. The molecule has 4 heteroatoms. The second kappa shape index (κ2) is 15.4. The molecule has 0 N–H and O–H groups in total. The van der Waals surface area contributed by atoms with Gasteiger partial charge in [-0.05, 0) is 96.5 Å². The van der Waals surface area contributed by atoms with Crippen molar-refractivity contribution in [2.45, 2.75) is 27.7 Å². The summed E-state index contributed by atoms with van der Waals surface area (Å²) in [6.07, 6.45) is 3.66. The number of aromatic nitrogens is 2. The van der Waals surface area contributed by atoms with Crippen molar-refractivity contribution in [3.63, 3.8) is 0 Å². The molecular formula is C38H34ClN2Os. The molecule has 0 fully saturated rings. The van der Waals surface area contributed by atoms with Gasteiger partial charge in [0, 0.05) is 23.5 Å². The van der Waals surface area contributed by atoms with Crippen LogP contribution in [0.3, 0.4) is 0 Å². The van der Waals surface area contributed by atoms with E-state index in [0.717, 1.165) is 22.5 Å². The summed E-state index contributed by atoms with van der Waals surface area (Å²) in [4.78, 5) is 8.77. The van der Waals surface area contributed by atoms with Gasteiger partial charge in [0.25, 0.3) is 0 Å². The van der Waals surface area contributed by atoms with Crippen LogP contribution in [0.15, 0.2) is 134 Å². The minimum absolute atomic E-state index is 1.01. The quantitative estimate of drug-likeness (QED) is 0.180. The molecule has 42 heavy (non-hydrogen) atoms. The summed E-state index contributed by atoms with van der Waals surface area (Å²) < 4.78 is 0. The van der Waals surface area contributed by atoms with Crippen molar-refractivity contribution in [2.24, 2.45) is 0 Å². The number of benzene rings is 4. The van der Waals surface area contributed by atoms with Gasteiger partial charge in [-0.25, -0.2) is 0 Å². The molecule has 0 saturated heterocycles. The Morgan fingerprint density at radius 3 is 0.976 bits per heavy atom. The minimum atomic E-state index is 1.01. The standard InChI is InChI=1S/2C19H17N.ClH.Os/c2*1-14-6-5-7-15(2)19(14)17-11-9-16(10-12-17)18-8-3-4-13-20-18;;/h2*3-13H,1-2H3;1H;/q;;;+1/p-1. The van der Waals surface area contributed by atoms with E-state index in [4.69, 9.17) is 0 Å². The van der Waals surface area contributed by atoms with Crippen LogP contribution in [0.1, 0.15) is 22.3 Å². The van der Waals surface area contributed by atoms with Crippen LogP contribution in [0.5, 0.6) is 0 Å². The van der Waals surface area contributed by atoms with E-state index in [1.807, 2.05) is 48.8 Å². The molecule has 0 unspecified atom stereocenters. The number of hydrogen-bond acceptors (Lipinski definition) is 2. The Morgan fingerprint density at radius 1 is 0.381 bits per heavy atom. The normalized spacial score (nSPS) is 10.1. The third-order valence-corrected chi connectivity index (χ3v) is 7.23. The molecule has 2 heterocycles. The van der Waals surface area contributed by atoms with Gasteiger partial charge in [0.1, 0.15) is 0 Å². The Kier molecular flexibility index (Phi) is 11.4. The summed E-state index contributed by atoms with van der Waals surface area (Å²) in [5, 5.41) is 0. The SMILES string of the molecule is Cc1cccc(C)c1-c1ccc(-c2ccccn2)cc1.Cc1cccc(C)c1-c1ccc(-c2ccccn2)cc1.[Cl][Os]. The molecule has 0 saturated carbocycles. The van der Waals surface area contributed by atoms with Gasteiger partial charge in [0.15, 0.2) is 0 Å². The fourth-order valence-corrected chi connectivity index (χ4v) is 5.22. The molecular weight excluding hydrogens is 710 g/mol. The topological polar surface area (TPSA) is 25.8 Å². The maximum atomic E-state index is 4.67. The molecule has 6 rings (SSSR count). The predicted octanol–water partition coefficient (Wildman–Crippen LogP) is 10.8. The molecule has 6 aromatic rings. The summed E-state index contributed by atoms with van der Waals surface area (Å²) in [7, 11) is 4.67. The van der Waals surface area contributed by atoms with E-state index in [0.29, 0.717) is 0 Å². The first-order valence-corrected chi connectivity index (χ1v) is 17.0. The molecule has 4 aromatic carbocycles. The molecule has 0 aliphatic heterocycles. The number of hydrogen-bond donors (Lipinski definition) is 0. The van der Waals surface area contributed by atoms with E-state index in [9.17, 15) is 0 Å². The average molecular weight is 744 g/mol. The van der Waals surface area contributed by atoms with Crippen molar-refractivity contribution >= 4 is 9.64 Å². The number of nitrogens with zero attached hydrogens (tertiary/aromatic N) is 2. The Labute approximate surface area is 264 Å². The van der Waals surface area contributed by atoms with E-state index in [2.05, 4.69) is 132 Å². The van der Waals surface area contributed by atoms with Crippen molar-refractivity contribution in [1.82, 2.24) is 9.97 Å². The van der Waals surface area contributed by atoms with Gasteiger partial charge >= 0.3 is 27.2 Å². The van der Waals surface area contributed by atoms with Crippen LogP contribution in [0.4, 0.5) is 0 Å². The average Bonchev–Trinajstić information content (AvgIpc) is 3.04. The number of aryl methyl sites for hydroxylation is 4. The van der Waals surface area contributed by atoms with Gasteiger partial charge in [-0.1, -0.05) is 97.1 Å². The molecule has 0 bridgehead atoms. The van der Waals surface area contributed by atoms with Crippen molar-refractivity contribution in [2.75, 3.05) is 0 Å². The Balaban J connectivity index is 0.000000182. The van der Waals surface area contributed by atoms with Crippen LogP contribution in [0.25, 0.3) is 44.8 Å². The molecule has 2 nitrogen and oxygen atoms in total. The van der Waals surface area contributed by atoms with Gasteiger partial charge in [0.2, 0.25) is 0 Å². The summed E-state index contributed by atoms with van der Waals surface area (Å²) in [6, 6.07) is 42.1. The molecule has 0 aliphatic rings. The first-order chi connectivity index (χ1) is 20.5. The van der Waals surface area contributed by atoms with Crippen LogP contribution in [-0.2, 0) is 17.6 Å². The first-order valence-electron chi connectivity index (χ1n) is 13.8. The third kappa shape index (κ3) is 7.68. The molecule has 0 aliphatic carbocycles. The van der Waals surface area contributed by atoms with Crippen molar-refractivity contribution < 1.29 is 17.6 Å². The zero-order valence-electron chi connectivity index (χ0n) is 24.3. The fraction of sp³-hybridized carbons (Fsp3) is 0.105. The van der Waals surface area contributed by atoms with Crippen LogP contribution in [0.2, 0.25) is 0 Å². The van der Waals surface area contributed by atoms with Gasteiger partial charge in [-0.2, -0.15) is 0 Å². The number of pyridine rings is 2. The second-order valence-corrected chi connectivity index (χ2v) is 10.1. The van der Waals surface area contributed by atoms with Crippen LogP contribution >= 0.6 is 9.64 Å². The molecule has 2 aromatic heterocycles. The van der Waals surface area contributed by atoms with Crippen molar-refractivity contribution in [1.29, 1.82) is 0 Å². The molecule has 0 amide bonds. The summed E-state index contributed by atoms with van der Waals surface area (Å²) >= 11 is 1.33. The van der Waals surface area contributed by atoms with Crippen LogP contribution in [0, 0.1) is 27.7 Å². The van der Waals surface area contributed by atoms with Crippen molar-refractivity contribution in [3.05, 3.63) is 156 Å². The summed E-state index contributed by atoms with van der Waals surface area (Å²) in [6.45, 7) is 8.65. The second-order valence-electron chi connectivity index (χ2n) is 10.1. The number of halogens is 1. The molecule has 211 valence electrons. The Hall–Kier alpha value is -3.89. The first kappa shape index (κ1) is 31.1. The third-order valence-electron chi connectivity index (χ3n) is 7.23. The van der Waals surface area contributed by atoms with Crippen LogP contribution < -0.4 is 0 Å². The van der Waals surface area contributed by atoms with E-state index in [1.165, 1.54) is 62.1 Å². The van der Waals surface area contributed by atoms with Gasteiger partial charge in [-0.15, -0.1) is 0 Å². The Bertz CT molecular complexity index is 1530. The molecule has 0 radical (unpaired) electrons. The molecule has 0 spiro atoms. The monoisotopic (exact) mass is 745 g/mol. The van der Waals surface area contributed by atoms with Gasteiger partial charge in [0.05, 0.1) is 11.4 Å². The zero-order valence-corrected chi connectivity index (χ0v) is 27.6. The van der Waals surface area contributed by atoms with E-state index in [1.54, 1.807) is 0 Å². The summed E-state index contributed by atoms with van der Waals surface area (Å²) in [5.74, 6) is 0. The maximum absolute atomic E-state index is 4.67. The predicted molar refractivity (Wildman–Crippen MR) is 175 cm³/mol. The zero-order chi connectivity index (χ0) is 29.9. The molecule has 0 atom stereocenters. The Morgan fingerprint density at radius 2 is 0.690 bits per heavy atom. The fourth-order valence-electron chi connectivity index (χ4n) is 5.22. The van der Waals surface area contributed by atoms with Gasteiger partial charge in [-0.3, -0.25) is 9.97 Å². The summed E-state index contributed by atoms with van der Waals surface area (Å²) in [5.41, 5.74) is 14.8. The van der Waals surface area contributed by atoms with E-state index >= 15 is 0 Å². The van der Waals surface area contributed by atoms with Crippen molar-refractivity contribution in [3.8, 4) is 44.8 Å². The van der Waals surface area contributed by atoms with E-state index < -0.39 is 0 Å². The van der Waals surface area contributed by atoms with Crippen LogP contribution in [-0.4, -0.2) is 9.97 Å². The van der Waals surface area contributed by atoms with E-state index in [-0.39, 0.29) is 0 Å². The van der Waals surface area contributed by atoms with Gasteiger partial charge < -0.3 is 0 Å².